The van der Waals surface area contributed by atoms with E-state index in [4.69, 9.17) is 21.1 Å². The lowest BCUT2D eigenvalue weighted by atomic mass is 9.94. The van der Waals surface area contributed by atoms with Gasteiger partial charge in [0.1, 0.15) is 17.8 Å². The highest BCUT2D eigenvalue weighted by atomic mass is 35.5. The predicted molar refractivity (Wildman–Crippen MR) is 123 cm³/mol. The second-order valence-electron chi connectivity index (χ2n) is 7.89. The molecule has 1 unspecified atom stereocenters. The molecule has 0 amide bonds. The molecular formula is C24H24ClN5O2. The molecule has 164 valence electrons. The highest BCUT2D eigenvalue weighted by Crippen LogP contribution is 2.37. The molecule has 8 heteroatoms. The fourth-order valence-electron chi connectivity index (χ4n) is 4.07. The largest absolute Gasteiger partial charge is 0.454 e. The number of anilines is 1. The molecule has 3 aromatic rings. The van der Waals surface area contributed by atoms with Crippen molar-refractivity contribution in [3.05, 3.63) is 83.7 Å². The van der Waals surface area contributed by atoms with E-state index in [9.17, 15) is 0 Å². The first kappa shape index (κ1) is 20.9. The lowest BCUT2D eigenvalue weighted by molar-refractivity contribution is -0.00310. The van der Waals surface area contributed by atoms with E-state index in [0.29, 0.717) is 29.2 Å². The van der Waals surface area contributed by atoms with Crippen LogP contribution in [0.4, 0.5) is 5.69 Å². The maximum absolute atomic E-state index is 6.54. The van der Waals surface area contributed by atoms with E-state index in [1.807, 2.05) is 42.6 Å². The first-order chi connectivity index (χ1) is 15.7. The highest BCUT2D eigenvalue weighted by Gasteiger charge is 2.37. The van der Waals surface area contributed by atoms with Crippen molar-refractivity contribution in [3.63, 3.8) is 0 Å². The summed E-state index contributed by atoms with van der Waals surface area (Å²) in [6, 6.07) is 9.56. The van der Waals surface area contributed by atoms with Gasteiger partial charge in [0, 0.05) is 36.1 Å². The second kappa shape index (κ2) is 9.24. The Morgan fingerprint density at radius 2 is 2.19 bits per heavy atom. The zero-order chi connectivity index (χ0) is 21.8. The molecular weight excluding hydrogens is 426 g/mol. The first-order valence-corrected chi connectivity index (χ1v) is 11.1. The Hall–Kier alpha value is -3.00. The van der Waals surface area contributed by atoms with Crippen molar-refractivity contribution in [1.29, 1.82) is 0 Å². The molecule has 2 N–H and O–H groups in total. The van der Waals surface area contributed by atoms with Crippen LogP contribution in [0.5, 0.6) is 11.5 Å². The Kier molecular flexibility index (Phi) is 6.03. The van der Waals surface area contributed by atoms with E-state index in [2.05, 4.69) is 31.7 Å². The molecule has 2 aliphatic rings. The lowest BCUT2D eigenvalue weighted by Gasteiger charge is -2.37. The van der Waals surface area contributed by atoms with Crippen LogP contribution < -0.4 is 15.4 Å². The van der Waals surface area contributed by atoms with E-state index in [0.717, 1.165) is 42.8 Å². The van der Waals surface area contributed by atoms with Crippen LogP contribution in [-0.2, 0) is 16.9 Å². The van der Waals surface area contributed by atoms with Crippen LogP contribution in [0.15, 0.2) is 67.4 Å². The van der Waals surface area contributed by atoms with Crippen LogP contribution in [0.3, 0.4) is 0 Å². The fourth-order valence-corrected chi connectivity index (χ4v) is 4.29. The fraction of sp³-hybridized carbons (Fsp3) is 0.292. The zero-order valence-corrected chi connectivity index (χ0v) is 18.3. The maximum Gasteiger partial charge on any atom is 0.187 e. The van der Waals surface area contributed by atoms with Gasteiger partial charge < -0.3 is 20.1 Å². The third-order valence-corrected chi connectivity index (χ3v) is 5.95. The van der Waals surface area contributed by atoms with Gasteiger partial charge in [-0.15, -0.1) is 0 Å². The number of halogens is 1. The van der Waals surface area contributed by atoms with Crippen LogP contribution in [0.2, 0.25) is 5.02 Å². The van der Waals surface area contributed by atoms with Crippen LogP contribution in [0.1, 0.15) is 24.1 Å². The maximum atomic E-state index is 6.54. The van der Waals surface area contributed by atoms with Crippen molar-refractivity contribution in [2.45, 2.75) is 31.0 Å². The Labute approximate surface area is 191 Å². The number of rotatable bonds is 7. The summed E-state index contributed by atoms with van der Waals surface area (Å²) in [6.07, 6.45) is 13.9. The van der Waals surface area contributed by atoms with Crippen molar-refractivity contribution in [2.24, 2.45) is 0 Å². The molecule has 5 rings (SSSR count). The molecule has 0 bridgehead atoms. The number of fused-ring (bicyclic) bond motifs is 1. The summed E-state index contributed by atoms with van der Waals surface area (Å²) in [7, 11) is 0. The third kappa shape index (κ3) is 4.46. The molecule has 0 saturated carbocycles. The van der Waals surface area contributed by atoms with E-state index in [-0.39, 0.29) is 0 Å². The van der Waals surface area contributed by atoms with Crippen molar-refractivity contribution in [2.75, 3.05) is 18.5 Å². The van der Waals surface area contributed by atoms with Gasteiger partial charge in [-0.05, 0) is 55.8 Å². The summed E-state index contributed by atoms with van der Waals surface area (Å²) >= 11 is 6.54. The van der Waals surface area contributed by atoms with Gasteiger partial charge in [0.2, 0.25) is 0 Å². The molecule has 32 heavy (non-hydrogen) atoms. The molecule has 3 heterocycles. The summed E-state index contributed by atoms with van der Waals surface area (Å²) in [6.45, 7) is 1.60. The number of hydrogen-bond acceptors (Lipinski definition) is 7. The molecule has 1 aliphatic heterocycles. The van der Waals surface area contributed by atoms with E-state index in [1.165, 1.54) is 0 Å². The molecule has 2 atom stereocenters. The molecule has 1 aliphatic carbocycles. The Morgan fingerprint density at radius 3 is 3.00 bits per heavy atom. The monoisotopic (exact) mass is 449 g/mol. The minimum Gasteiger partial charge on any atom is -0.454 e. The standard InChI is InChI=1S/C24H24ClN5O2/c25-21-12-17(7-8-23(21)32-19-5-3-10-26-13-19)30-24(31-15-18-4-2-11-28-18)9-1-6-22-20(24)14-27-16-29-22/h1,3,5,7-10,12-14,16,18,28,30H,2,4,6,11,15H2/t18-,24?/m1/s1. The molecule has 0 radical (unpaired) electrons. The average molecular weight is 450 g/mol. The number of ether oxygens (including phenoxy) is 2. The average Bonchev–Trinajstić information content (AvgIpc) is 3.35. The van der Waals surface area contributed by atoms with Crippen LogP contribution in [0, 0.1) is 0 Å². The molecule has 1 saturated heterocycles. The number of hydrogen-bond donors (Lipinski definition) is 2. The van der Waals surface area contributed by atoms with Gasteiger partial charge in [-0.1, -0.05) is 17.7 Å². The first-order valence-electron chi connectivity index (χ1n) is 10.7. The van der Waals surface area contributed by atoms with Crippen molar-refractivity contribution < 1.29 is 9.47 Å². The number of nitrogens with zero attached hydrogens (tertiary/aromatic N) is 3. The molecule has 1 aromatic carbocycles. The van der Waals surface area contributed by atoms with Crippen molar-refractivity contribution >= 4 is 17.3 Å². The van der Waals surface area contributed by atoms with Crippen molar-refractivity contribution in [3.8, 4) is 11.5 Å². The lowest BCUT2D eigenvalue weighted by Crippen LogP contribution is -2.42. The van der Waals surface area contributed by atoms with Gasteiger partial charge in [0.15, 0.2) is 5.72 Å². The van der Waals surface area contributed by atoms with Crippen LogP contribution in [-0.4, -0.2) is 34.1 Å². The predicted octanol–water partition coefficient (Wildman–Crippen LogP) is 4.46. The summed E-state index contributed by atoms with van der Waals surface area (Å²) in [5.74, 6) is 1.18. The summed E-state index contributed by atoms with van der Waals surface area (Å²) in [5, 5.41) is 7.51. The topological polar surface area (TPSA) is 81.2 Å². The second-order valence-corrected chi connectivity index (χ2v) is 8.30. The normalized spacial score (nSPS) is 21.8. The van der Waals surface area contributed by atoms with Gasteiger partial charge in [-0.2, -0.15) is 0 Å². The SMILES string of the molecule is Clc1cc(NC2(OC[C@H]3CCCN3)C=CCc3ncncc32)ccc1Oc1cccnc1. The quantitative estimate of drug-likeness (QED) is 0.407. The summed E-state index contributed by atoms with van der Waals surface area (Å²) in [5.41, 5.74) is 1.77. The molecule has 7 nitrogen and oxygen atoms in total. The van der Waals surface area contributed by atoms with Gasteiger partial charge in [0.25, 0.3) is 0 Å². The zero-order valence-electron chi connectivity index (χ0n) is 17.5. The van der Waals surface area contributed by atoms with Crippen LogP contribution in [0.25, 0.3) is 0 Å². The third-order valence-electron chi connectivity index (χ3n) is 5.66. The molecule has 1 fully saturated rings. The van der Waals surface area contributed by atoms with Gasteiger partial charge >= 0.3 is 0 Å². The molecule has 0 spiro atoms. The van der Waals surface area contributed by atoms with Crippen LogP contribution >= 0.6 is 11.6 Å². The number of pyridine rings is 1. The van der Waals surface area contributed by atoms with E-state index >= 15 is 0 Å². The highest BCUT2D eigenvalue weighted by molar-refractivity contribution is 6.32. The summed E-state index contributed by atoms with van der Waals surface area (Å²) < 4.78 is 12.4. The molecule has 2 aromatic heterocycles. The Morgan fingerprint density at radius 1 is 1.22 bits per heavy atom. The number of benzene rings is 1. The minimum atomic E-state index is -0.881. The van der Waals surface area contributed by atoms with Crippen molar-refractivity contribution in [1.82, 2.24) is 20.3 Å². The number of aromatic nitrogens is 3. The van der Waals surface area contributed by atoms with E-state index in [1.54, 1.807) is 18.7 Å². The minimum absolute atomic E-state index is 0.330. The smallest absolute Gasteiger partial charge is 0.187 e. The number of nitrogens with one attached hydrogen (secondary N) is 2. The Bertz CT molecular complexity index is 1100. The van der Waals surface area contributed by atoms with Gasteiger partial charge in [-0.3, -0.25) is 4.98 Å². The Balaban J connectivity index is 1.42. The summed E-state index contributed by atoms with van der Waals surface area (Å²) in [4.78, 5) is 12.8. The van der Waals surface area contributed by atoms with Gasteiger partial charge in [0.05, 0.1) is 23.5 Å². The number of allylic oxidation sites excluding steroid dienone is 1. The van der Waals surface area contributed by atoms with Gasteiger partial charge in [-0.25, -0.2) is 9.97 Å². The van der Waals surface area contributed by atoms with E-state index < -0.39 is 5.72 Å².